The number of aromatic nitrogens is 1. The van der Waals surface area contributed by atoms with E-state index in [1.807, 2.05) is 36.4 Å². The second-order valence-corrected chi connectivity index (χ2v) is 12.9. The van der Waals surface area contributed by atoms with Crippen molar-refractivity contribution < 1.29 is 23.9 Å². The monoisotopic (exact) mass is 631 g/mol. The van der Waals surface area contributed by atoms with Gasteiger partial charge in [0.05, 0.1) is 18.8 Å². The summed E-state index contributed by atoms with van der Waals surface area (Å²) in [6.07, 6.45) is 11.1. The summed E-state index contributed by atoms with van der Waals surface area (Å²) in [5, 5.41) is 7.32. The van der Waals surface area contributed by atoms with Gasteiger partial charge in [0.25, 0.3) is 5.91 Å². The number of ether oxygens (including phenoxy) is 2. The zero-order valence-electron chi connectivity index (χ0n) is 26.8. The lowest BCUT2D eigenvalue weighted by atomic mass is 9.75. The highest BCUT2D eigenvalue weighted by Gasteiger charge is 2.45. The number of nitrogens with zero attached hydrogens (tertiary/aromatic N) is 1. The maximum atomic E-state index is 13.8. The molecule has 1 aliphatic heterocycles. The summed E-state index contributed by atoms with van der Waals surface area (Å²) in [4.78, 5) is 39.0. The summed E-state index contributed by atoms with van der Waals surface area (Å²) < 4.78 is 13.5. The first-order valence-electron chi connectivity index (χ1n) is 16.9. The summed E-state index contributed by atoms with van der Waals surface area (Å²) in [6.45, 7) is 3.33. The van der Waals surface area contributed by atoms with E-state index < -0.39 is 11.5 Å². The Morgan fingerprint density at radius 2 is 1.77 bits per heavy atom. The molecule has 7 rings (SSSR count). The fourth-order valence-electron chi connectivity index (χ4n) is 7.39. The Morgan fingerprint density at radius 1 is 0.979 bits per heavy atom. The van der Waals surface area contributed by atoms with Crippen LogP contribution >= 0.6 is 0 Å². The van der Waals surface area contributed by atoms with Crippen molar-refractivity contribution in [2.75, 3.05) is 18.5 Å². The van der Waals surface area contributed by atoms with Crippen LogP contribution in [-0.2, 0) is 20.9 Å². The highest BCUT2D eigenvalue weighted by atomic mass is 16.5. The fourth-order valence-corrected chi connectivity index (χ4v) is 7.39. The molecule has 0 saturated heterocycles. The van der Waals surface area contributed by atoms with Crippen molar-refractivity contribution in [2.45, 2.75) is 76.3 Å². The number of amides is 2. The average molecular weight is 632 g/mol. The fraction of sp³-hybridized carbons (Fsp3) is 0.359. The number of anilines is 1. The number of rotatable bonds is 8. The molecule has 0 bridgehead atoms. The number of carbonyl (C=O) groups excluding carboxylic acids is 3. The van der Waals surface area contributed by atoms with Crippen molar-refractivity contribution in [1.82, 2.24) is 9.88 Å². The second kappa shape index (κ2) is 13.1. The van der Waals surface area contributed by atoms with E-state index in [4.69, 9.17) is 9.47 Å². The summed E-state index contributed by atoms with van der Waals surface area (Å²) in [7, 11) is 0. The molecule has 2 saturated carbocycles. The molecule has 2 aliphatic carbocycles. The van der Waals surface area contributed by atoms with Crippen molar-refractivity contribution in [3.63, 3.8) is 0 Å². The first kappa shape index (κ1) is 30.8. The summed E-state index contributed by atoms with van der Waals surface area (Å²) in [5.74, 6) is 0.505. The normalized spacial score (nSPS) is 17.1. The Labute approximate surface area is 275 Å². The van der Waals surface area contributed by atoms with Gasteiger partial charge in [-0.05, 0) is 98.5 Å². The molecular weight excluding hydrogens is 590 g/mol. The molecule has 1 aromatic heterocycles. The maximum absolute atomic E-state index is 13.8. The minimum Gasteiger partial charge on any atom is -0.491 e. The molecule has 2 heterocycles. The molecule has 0 spiro atoms. The van der Waals surface area contributed by atoms with E-state index >= 15 is 0 Å². The van der Waals surface area contributed by atoms with Crippen LogP contribution < -0.4 is 15.4 Å². The predicted molar refractivity (Wildman–Crippen MR) is 183 cm³/mol. The van der Waals surface area contributed by atoms with Gasteiger partial charge in [0, 0.05) is 33.8 Å². The number of nitrogens with one attached hydrogen (secondary N) is 2. The van der Waals surface area contributed by atoms with E-state index in [1.165, 1.54) is 54.8 Å². The van der Waals surface area contributed by atoms with Crippen molar-refractivity contribution in [2.24, 2.45) is 0 Å². The summed E-state index contributed by atoms with van der Waals surface area (Å²) in [5.41, 5.74) is 5.76. The minimum atomic E-state index is -0.968. The molecule has 0 atom stereocenters. The zero-order chi connectivity index (χ0) is 32.4. The summed E-state index contributed by atoms with van der Waals surface area (Å²) >= 11 is 0. The second-order valence-electron chi connectivity index (χ2n) is 12.9. The van der Waals surface area contributed by atoms with Gasteiger partial charge in [-0.1, -0.05) is 49.6 Å². The molecule has 2 amide bonds. The van der Waals surface area contributed by atoms with E-state index in [0.717, 1.165) is 28.8 Å². The Hall–Kier alpha value is -4.85. The van der Waals surface area contributed by atoms with Gasteiger partial charge in [0.15, 0.2) is 0 Å². The number of esters is 1. The van der Waals surface area contributed by atoms with Crippen molar-refractivity contribution in [1.29, 1.82) is 0 Å². The molecule has 3 aromatic carbocycles. The van der Waals surface area contributed by atoms with Crippen LogP contribution in [0.5, 0.6) is 5.75 Å². The van der Waals surface area contributed by atoms with E-state index in [-0.39, 0.29) is 11.8 Å². The molecule has 242 valence electrons. The van der Waals surface area contributed by atoms with Crippen molar-refractivity contribution in [3.8, 4) is 17.0 Å². The smallest absolute Gasteiger partial charge is 0.330 e. The number of hydrogen-bond acceptors (Lipinski definition) is 5. The van der Waals surface area contributed by atoms with E-state index in [0.29, 0.717) is 49.8 Å². The maximum Gasteiger partial charge on any atom is 0.330 e. The van der Waals surface area contributed by atoms with E-state index in [2.05, 4.69) is 33.4 Å². The van der Waals surface area contributed by atoms with Gasteiger partial charge in [0.2, 0.25) is 5.91 Å². The quantitative estimate of drug-likeness (QED) is 0.154. The predicted octanol–water partition coefficient (Wildman–Crippen LogP) is 7.62. The van der Waals surface area contributed by atoms with Gasteiger partial charge in [-0.25, -0.2) is 4.79 Å². The molecule has 3 aliphatic rings. The summed E-state index contributed by atoms with van der Waals surface area (Å²) in [6, 6.07) is 21.5. The topological polar surface area (TPSA) is 98.7 Å². The van der Waals surface area contributed by atoms with Gasteiger partial charge in [0.1, 0.15) is 17.9 Å². The molecular formula is C39H41N3O5. The van der Waals surface area contributed by atoms with Crippen LogP contribution in [0.3, 0.4) is 0 Å². The molecule has 0 unspecified atom stereocenters. The number of hydrogen-bond donors (Lipinski definition) is 2. The number of benzene rings is 3. The number of fused-ring (bicyclic) bond motifs is 5. The Bertz CT molecular complexity index is 1840. The van der Waals surface area contributed by atoms with Gasteiger partial charge in [-0.15, -0.1) is 0 Å². The third-order valence-corrected chi connectivity index (χ3v) is 9.96. The van der Waals surface area contributed by atoms with Crippen molar-refractivity contribution >= 4 is 40.4 Å². The zero-order valence-corrected chi connectivity index (χ0v) is 26.8. The Morgan fingerprint density at radius 3 is 2.51 bits per heavy atom. The lowest BCUT2D eigenvalue weighted by Gasteiger charge is -2.40. The molecule has 2 fully saturated rings. The third-order valence-electron chi connectivity index (χ3n) is 9.96. The standard InChI is InChI=1S/C39H41N3O5/c1-2-46-34(43)20-15-26-13-17-29(18-14-26)40-38(45)39(21-8-22-39)41-37(44)28-16-19-30-32(25-28)42-23-24-47-33-12-7-6-11-31(33)36(42)35(30)27-9-4-3-5-10-27/h6-7,11-20,25,27H,2-5,8-10,21-24H2,1H3,(H,40,45)(H,41,44)/b20-15+. The van der Waals surface area contributed by atoms with Crippen LogP contribution in [0.4, 0.5) is 5.69 Å². The van der Waals surface area contributed by atoms with Gasteiger partial charge < -0.3 is 24.7 Å². The lowest BCUT2D eigenvalue weighted by Crippen LogP contribution is -2.61. The molecule has 8 nitrogen and oxygen atoms in total. The number of carbonyl (C=O) groups is 3. The highest BCUT2D eigenvalue weighted by molar-refractivity contribution is 6.06. The third kappa shape index (κ3) is 6.04. The highest BCUT2D eigenvalue weighted by Crippen LogP contribution is 2.47. The Balaban J connectivity index is 1.14. The largest absolute Gasteiger partial charge is 0.491 e. The van der Waals surface area contributed by atoms with Gasteiger partial charge in [-0.2, -0.15) is 0 Å². The molecule has 2 N–H and O–H groups in total. The minimum absolute atomic E-state index is 0.224. The average Bonchev–Trinajstić information content (AvgIpc) is 3.27. The van der Waals surface area contributed by atoms with Crippen LogP contribution in [-0.4, -0.2) is 41.1 Å². The number of para-hydroxylation sites is 1. The van der Waals surface area contributed by atoms with Crippen LogP contribution in [0.15, 0.2) is 72.8 Å². The van der Waals surface area contributed by atoms with Crippen molar-refractivity contribution in [3.05, 3.63) is 89.5 Å². The molecule has 8 heteroatoms. The first-order chi connectivity index (χ1) is 23.0. The van der Waals surface area contributed by atoms with Crippen LogP contribution in [0.25, 0.3) is 28.2 Å². The van der Waals surface area contributed by atoms with E-state index in [1.54, 1.807) is 25.1 Å². The van der Waals surface area contributed by atoms with E-state index in [9.17, 15) is 14.4 Å². The van der Waals surface area contributed by atoms with Crippen LogP contribution in [0.2, 0.25) is 0 Å². The van der Waals surface area contributed by atoms with Crippen LogP contribution in [0, 0.1) is 0 Å². The van der Waals surface area contributed by atoms with Gasteiger partial charge >= 0.3 is 5.97 Å². The van der Waals surface area contributed by atoms with Gasteiger partial charge in [-0.3, -0.25) is 9.59 Å². The first-order valence-corrected chi connectivity index (χ1v) is 16.9. The molecule has 4 aromatic rings. The molecule has 0 radical (unpaired) electrons. The van der Waals surface area contributed by atoms with Crippen LogP contribution in [0.1, 0.15) is 85.7 Å². The SMILES string of the molecule is CCOC(=O)/C=C/c1ccc(NC(=O)C2(NC(=O)c3ccc4c(C5CCCCC5)c5n(c4c3)CCOc3ccccc3-5)CCC2)cc1. The lowest BCUT2D eigenvalue weighted by molar-refractivity contribution is -0.137. The Kier molecular flexibility index (Phi) is 8.58. The molecule has 47 heavy (non-hydrogen) atoms.